The number of hydrogen-bond donors (Lipinski definition) is 0. The van der Waals surface area contributed by atoms with Crippen molar-refractivity contribution in [3.63, 3.8) is 0 Å². The summed E-state index contributed by atoms with van der Waals surface area (Å²) in [5.74, 6) is -1.06. The van der Waals surface area contributed by atoms with Gasteiger partial charge in [-0.1, -0.05) is 28.1 Å². The molecule has 1 aliphatic heterocycles. The molecule has 0 saturated heterocycles. The van der Waals surface area contributed by atoms with Crippen LogP contribution in [0.5, 0.6) is 5.75 Å². The van der Waals surface area contributed by atoms with Crippen LogP contribution in [-0.4, -0.2) is 33.7 Å². The van der Waals surface area contributed by atoms with Crippen LogP contribution in [0.1, 0.15) is 24.2 Å². The van der Waals surface area contributed by atoms with E-state index in [0.717, 1.165) is 9.37 Å². The Labute approximate surface area is 157 Å². The molecule has 26 heavy (non-hydrogen) atoms. The first-order chi connectivity index (χ1) is 12.2. The van der Waals surface area contributed by atoms with Gasteiger partial charge in [-0.15, -0.1) is 0 Å². The monoisotopic (exact) mass is 419 g/mol. The van der Waals surface area contributed by atoms with Crippen molar-refractivity contribution in [2.24, 2.45) is 0 Å². The van der Waals surface area contributed by atoms with E-state index in [0.29, 0.717) is 5.56 Å². The highest BCUT2D eigenvalue weighted by Gasteiger charge is 2.45. The zero-order valence-corrected chi connectivity index (χ0v) is 15.5. The largest absolute Gasteiger partial charge is 0.472 e. The van der Waals surface area contributed by atoms with Gasteiger partial charge in [0, 0.05) is 16.1 Å². The number of pyridine rings is 1. The quantitative estimate of drug-likeness (QED) is 0.428. The van der Waals surface area contributed by atoms with Crippen LogP contribution in [-0.2, 0) is 4.79 Å². The average molecular weight is 420 g/mol. The number of ether oxygens (including phenoxy) is 1. The first-order valence-electron chi connectivity index (χ1n) is 7.64. The van der Waals surface area contributed by atoms with Crippen LogP contribution in [0.15, 0.2) is 40.9 Å². The lowest BCUT2D eigenvalue weighted by atomic mass is 10.0. The molecule has 8 nitrogen and oxygen atoms in total. The fourth-order valence-electron chi connectivity index (χ4n) is 2.56. The van der Waals surface area contributed by atoms with Gasteiger partial charge in [-0.3, -0.25) is 14.5 Å². The third-order valence-electron chi connectivity index (χ3n) is 3.86. The summed E-state index contributed by atoms with van der Waals surface area (Å²) in [6, 6.07) is 9.27. The van der Waals surface area contributed by atoms with E-state index < -0.39 is 22.2 Å². The number of halogens is 1. The topological polar surface area (TPSA) is 103 Å². The van der Waals surface area contributed by atoms with Gasteiger partial charge in [-0.2, -0.15) is 0 Å². The number of carbonyl (C=O) groups excluding carboxylic acids is 2. The smallest absolute Gasteiger partial charge is 0.366 e. The fourth-order valence-corrected chi connectivity index (χ4v) is 2.82. The van der Waals surface area contributed by atoms with Crippen LogP contribution in [0.25, 0.3) is 0 Å². The molecule has 0 unspecified atom stereocenters. The van der Waals surface area contributed by atoms with Crippen molar-refractivity contribution >= 4 is 39.3 Å². The second-order valence-electron chi connectivity index (χ2n) is 6.18. The molecule has 0 radical (unpaired) electrons. The van der Waals surface area contributed by atoms with Crippen molar-refractivity contribution in [2.75, 3.05) is 11.4 Å². The molecule has 1 aromatic heterocycles. The molecule has 0 aliphatic carbocycles. The molecule has 1 aliphatic rings. The number of benzene rings is 1. The normalized spacial score (nSPS) is 15.2. The molecule has 1 aromatic carbocycles. The first kappa shape index (κ1) is 18.0. The number of fused-ring (bicyclic) bond motifs is 1. The zero-order chi connectivity index (χ0) is 19.1. The highest BCUT2D eigenvalue weighted by Crippen LogP contribution is 2.37. The lowest BCUT2D eigenvalue weighted by Crippen LogP contribution is -2.54. The second-order valence-corrected chi connectivity index (χ2v) is 7.10. The number of Topliss-reactive ketones (excluding diaryl/α,β-unsaturated/α-hetero) is 1. The van der Waals surface area contributed by atoms with Crippen LogP contribution >= 0.6 is 15.9 Å². The molecule has 0 saturated carbocycles. The molecule has 0 fully saturated rings. The van der Waals surface area contributed by atoms with Crippen molar-refractivity contribution < 1.29 is 19.2 Å². The van der Waals surface area contributed by atoms with Crippen molar-refractivity contribution in [3.8, 4) is 5.75 Å². The first-order valence-corrected chi connectivity index (χ1v) is 8.43. The SMILES string of the molecule is CC1(C)Oc2ccc([N+](=O)[O-])nc2N(CC(=O)c2ccc(Br)cc2)C1=O. The second kappa shape index (κ2) is 6.49. The molecular weight excluding hydrogens is 406 g/mol. The van der Waals surface area contributed by atoms with E-state index in [9.17, 15) is 19.7 Å². The predicted molar refractivity (Wildman–Crippen MR) is 96.4 cm³/mol. The van der Waals surface area contributed by atoms with Crippen LogP contribution < -0.4 is 9.64 Å². The minimum atomic E-state index is -1.22. The van der Waals surface area contributed by atoms with E-state index in [2.05, 4.69) is 20.9 Å². The van der Waals surface area contributed by atoms with Crippen LogP contribution in [0.4, 0.5) is 11.6 Å². The molecule has 134 valence electrons. The number of nitrogens with zero attached hydrogens (tertiary/aromatic N) is 3. The number of amides is 1. The van der Waals surface area contributed by atoms with Crippen LogP contribution in [0.3, 0.4) is 0 Å². The Bertz CT molecular complexity index is 911. The Kier molecular flexibility index (Phi) is 4.49. The fraction of sp³-hybridized carbons (Fsp3) is 0.235. The number of hydrogen-bond acceptors (Lipinski definition) is 6. The Morgan fingerprint density at radius 1 is 1.27 bits per heavy atom. The minimum absolute atomic E-state index is 0.0333. The van der Waals surface area contributed by atoms with Crippen molar-refractivity contribution in [3.05, 3.63) is 56.5 Å². The lowest BCUT2D eigenvalue weighted by molar-refractivity contribution is -0.389. The summed E-state index contributed by atoms with van der Waals surface area (Å²) in [5, 5.41) is 11.0. The number of anilines is 1. The Morgan fingerprint density at radius 2 is 1.92 bits per heavy atom. The molecule has 9 heteroatoms. The van der Waals surface area contributed by atoms with Crippen LogP contribution in [0, 0.1) is 10.1 Å². The molecular formula is C17H14BrN3O5. The van der Waals surface area contributed by atoms with E-state index in [-0.39, 0.29) is 23.9 Å². The number of aromatic nitrogens is 1. The highest BCUT2D eigenvalue weighted by atomic mass is 79.9. The number of nitro groups is 1. The summed E-state index contributed by atoms with van der Waals surface area (Å²) in [5.41, 5.74) is -0.803. The molecule has 0 spiro atoms. The van der Waals surface area contributed by atoms with Crippen LogP contribution in [0.2, 0.25) is 0 Å². The Hall–Kier alpha value is -2.81. The van der Waals surface area contributed by atoms with E-state index >= 15 is 0 Å². The average Bonchev–Trinajstić information content (AvgIpc) is 2.58. The Morgan fingerprint density at radius 3 is 2.54 bits per heavy atom. The molecule has 2 heterocycles. The molecule has 1 amide bonds. The lowest BCUT2D eigenvalue weighted by Gasteiger charge is -2.35. The van der Waals surface area contributed by atoms with Crippen molar-refractivity contribution in [1.82, 2.24) is 4.98 Å². The maximum atomic E-state index is 12.7. The molecule has 2 aromatic rings. The van der Waals surface area contributed by atoms with Gasteiger partial charge >= 0.3 is 5.82 Å². The summed E-state index contributed by atoms with van der Waals surface area (Å²) in [6.07, 6.45) is 0. The summed E-state index contributed by atoms with van der Waals surface area (Å²) in [6.45, 7) is 2.84. The third kappa shape index (κ3) is 3.30. The van der Waals surface area contributed by atoms with Crippen molar-refractivity contribution in [1.29, 1.82) is 0 Å². The summed E-state index contributed by atoms with van der Waals surface area (Å²) in [4.78, 5) is 40.7. The van der Waals surface area contributed by atoms with Gasteiger partial charge < -0.3 is 14.9 Å². The maximum absolute atomic E-state index is 12.7. The summed E-state index contributed by atoms with van der Waals surface area (Å²) >= 11 is 3.29. The van der Waals surface area contributed by atoms with E-state index in [1.807, 2.05) is 0 Å². The Balaban J connectivity index is 2.00. The minimum Gasteiger partial charge on any atom is -0.472 e. The predicted octanol–water partition coefficient (Wildman–Crippen LogP) is 3.14. The van der Waals surface area contributed by atoms with Gasteiger partial charge in [-0.25, -0.2) is 0 Å². The summed E-state index contributed by atoms with van der Waals surface area (Å²) < 4.78 is 6.43. The molecule has 3 rings (SSSR count). The standard InChI is InChI=1S/C17H14BrN3O5/c1-17(2)16(23)20(9-12(22)10-3-5-11(18)6-4-10)15-13(26-17)7-8-14(19-15)21(24)25/h3-8H,9H2,1-2H3. The van der Waals surface area contributed by atoms with E-state index in [4.69, 9.17) is 4.74 Å². The molecule has 0 bridgehead atoms. The third-order valence-corrected chi connectivity index (χ3v) is 4.39. The van der Waals surface area contributed by atoms with Gasteiger partial charge in [-0.05, 0) is 42.0 Å². The number of carbonyl (C=O) groups is 2. The number of rotatable bonds is 4. The number of ketones is 1. The van der Waals surface area contributed by atoms with Crippen molar-refractivity contribution in [2.45, 2.75) is 19.4 Å². The maximum Gasteiger partial charge on any atom is 0.366 e. The zero-order valence-electron chi connectivity index (χ0n) is 13.9. The van der Waals surface area contributed by atoms with Gasteiger partial charge in [0.15, 0.2) is 17.1 Å². The van der Waals surface area contributed by atoms with Gasteiger partial charge in [0.05, 0.1) is 6.54 Å². The van der Waals surface area contributed by atoms with E-state index in [1.54, 1.807) is 38.1 Å². The van der Waals surface area contributed by atoms with E-state index in [1.165, 1.54) is 12.1 Å². The summed E-state index contributed by atoms with van der Waals surface area (Å²) in [7, 11) is 0. The van der Waals surface area contributed by atoms with Gasteiger partial charge in [0.25, 0.3) is 11.7 Å². The van der Waals surface area contributed by atoms with Gasteiger partial charge in [0.2, 0.25) is 0 Å². The highest BCUT2D eigenvalue weighted by molar-refractivity contribution is 9.10. The molecule has 0 N–H and O–H groups in total. The van der Waals surface area contributed by atoms with Gasteiger partial charge in [0.1, 0.15) is 0 Å². The molecule has 0 atom stereocenters.